The molecule has 56 valence electrons. The van der Waals surface area contributed by atoms with Gasteiger partial charge in [0.25, 0.3) is 0 Å². The Morgan fingerprint density at radius 1 is 1.80 bits per heavy atom. The molecule has 0 aromatic carbocycles. The molecule has 1 rings (SSSR count). The van der Waals surface area contributed by atoms with Crippen molar-refractivity contribution >= 4 is 0 Å². The van der Waals surface area contributed by atoms with Gasteiger partial charge in [-0.05, 0) is 19.0 Å². The third kappa shape index (κ3) is 1.61. The second-order valence-electron chi connectivity index (χ2n) is 2.37. The maximum absolute atomic E-state index is 9.25. The van der Waals surface area contributed by atoms with Gasteiger partial charge in [0.05, 0.1) is 6.04 Å². The summed E-state index contributed by atoms with van der Waals surface area (Å²) in [5, 5.41) is 12.4. The molecule has 0 aromatic heterocycles. The fourth-order valence-corrected chi connectivity index (χ4v) is 1.05. The van der Waals surface area contributed by atoms with E-state index >= 15 is 0 Å². The first-order chi connectivity index (χ1) is 4.84. The summed E-state index contributed by atoms with van der Waals surface area (Å²) in [6, 6.07) is 0.148. The van der Waals surface area contributed by atoms with E-state index in [1.165, 1.54) is 0 Å². The van der Waals surface area contributed by atoms with Crippen molar-refractivity contribution in [3.8, 4) is 0 Å². The summed E-state index contributed by atoms with van der Waals surface area (Å²) in [4.78, 5) is 0. The van der Waals surface area contributed by atoms with Gasteiger partial charge < -0.3 is 10.4 Å². The van der Waals surface area contributed by atoms with E-state index in [0.29, 0.717) is 5.76 Å². The number of nitrogens with one attached hydrogen (secondary N) is 1. The molecule has 2 nitrogen and oxygen atoms in total. The minimum Gasteiger partial charge on any atom is -0.511 e. The molecule has 0 bridgehead atoms. The Morgan fingerprint density at radius 2 is 2.60 bits per heavy atom. The van der Waals surface area contributed by atoms with Crippen LogP contribution in [0.25, 0.3) is 0 Å². The SMILES string of the molecule is CCNC1CC=CC=C1O. The largest absolute Gasteiger partial charge is 0.511 e. The van der Waals surface area contributed by atoms with E-state index in [0.717, 1.165) is 13.0 Å². The van der Waals surface area contributed by atoms with E-state index < -0.39 is 0 Å². The van der Waals surface area contributed by atoms with Crippen LogP contribution in [0.2, 0.25) is 0 Å². The molecule has 1 atom stereocenters. The van der Waals surface area contributed by atoms with Crippen molar-refractivity contribution in [2.24, 2.45) is 0 Å². The average Bonchev–Trinajstić information content (AvgIpc) is 1.94. The number of allylic oxidation sites excluding steroid dienone is 2. The van der Waals surface area contributed by atoms with E-state index in [4.69, 9.17) is 0 Å². The summed E-state index contributed by atoms with van der Waals surface area (Å²) in [6.07, 6.45) is 6.56. The zero-order valence-electron chi connectivity index (χ0n) is 6.17. The van der Waals surface area contributed by atoms with Gasteiger partial charge >= 0.3 is 0 Å². The van der Waals surface area contributed by atoms with Crippen LogP contribution in [0.15, 0.2) is 24.0 Å². The van der Waals surface area contributed by atoms with Gasteiger partial charge in [-0.1, -0.05) is 19.1 Å². The highest BCUT2D eigenvalue weighted by Gasteiger charge is 2.11. The van der Waals surface area contributed by atoms with Gasteiger partial charge in [0.15, 0.2) is 0 Å². The van der Waals surface area contributed by atoms with Gasteiger partial charge in [0.2, 0.25) is 0 Å². The summed E-state index contributed by atoms with van der Waals surface area (Å²) in [6.45, 7) is 2.93. The third-order valence-electron chi connectivity index (χ3n) is 1.58. The first kappa shape index (κ1) is 7.35. The Hall–Kier alpha value is -0.760. The topological polar surface area (TPSA) is 32.3 Å². The lowest BCUT2D eigenvalue weighted by Crippen LogP contribution is -2.31. The van der Waals surface area contributed by atoms with E-state index in [1.807, 2.05) is 19.1 Å². The van der Waals surface area contributed by atoms with Gasteiger partial charge in [-0.25, -0.2) is 0 Å². The molecule has 0 fully saturated rings. The zero-order chi connectivity index (χ0) is 7.40. The Kier molecular flexibility index (Phi) is 2.51. The Labute approximate surface area is 61.3 Å². The first-order valence-electron chi connectivity index (χ1n) is 3.63. The van der Waals surface area contributed by atoms with E-state index in [9.17, 15) is 5.11 Å². The minimum absolute atomic E-state index is 0.148. The van der Waals surface area contributed by atoms with Gasteiger partial charge in [-0.3, -0.25) is 0 Å². The molecule has 1 aliphatic carbocycles. The van der Waals surface area contributed by atoms with Crippen LogP contribution in [0.1, 0.15) is 13.3 Å². The predicted molar refractivity (Wildman–Crippen MR) is 41.9 cm³/mol. The molecule has 0 saturated heterocycles. The van der Waals surface area contributed by atoms with E-state index in [2.05, 4.69) is 5.32 Å². The van der Waals surface area contributed by atoms with Crippen LogP contribution in [0.4, 0.5) is 0 Å². The molecular weight excluding hydrogens is 126 g/mol. The first-order valence-corrected chi connectivity index (χ1v) is 3.63. The molecule has 0 amide bonds. The standard InChI is InChI=1S/C8H13NO/c1-2-9-7-5-3-4-6-8(7)10/h3-4,6-7,9-10H,2,5H2,1H3. The molecule has 2 N–H and O–H groups in total. The van der Waals surface area contributed by atoms with Gasteiger partial charge in [-0.2, -0.15) is 0 Å². The molecule has 0 saturated carbocycles. The average molecular weight is 139 g/mol. The summed E-state index contributed by atoms with van der Waals surface area (Å²) >= 11 is 0. The smallest absolute Gasteiger partial charge is 0.109 e. The van der Waals surface area contributed by atoms with E-state index in [1.54, 1.807) is 6.08 Å². The summed E-state index contributed by atoms with van der Waals surface area (Å²) in [7, 11) is 0. The van der Waals surface area contributed by atoms with Gasteiger partial charge in [0, 0.05) is 0 Å². The maximum atomic E-state index is 9.25. The van der Waals surface area contributed by atoms with Crippen LogP contribution in [0.5, 0.6) is 0 Å². The predicted octanol–water partition coefficient (Wildman–Crippen LogP) is 1.37. The molecule has 0 heterocycles. The van der Waals surface area contributed by atoms with Gasteiger partial charge in [0.1, 0.15) is 5.76 Å². The number of aliphatic hydroxyl groups excluding tert-OH is 1. The zero-order valence-corrected chi connectivity index (χ0v) is 6.17. The number of aliphatic hydroxyl groups is 1. The van der Waals surface area contributed by atoms with Crippen molar-refractivity contribution < 1.29 is 5.11 Å². The minimum atomic E-state index is 0.148. The molecular formula is C8H13NO. The molecule has 10 heavy (non-hydrogen) atoms. The molecule has 0 spiro atoms. The Morgan fingerprint density at radius 3 is 3.20 bits per heavy atom. The highest BCUT2D eigenvalue weighted by Crippen LogP contribution is 2.09. The molecule has 0 aliphatic heterocycles. The fraction of sp³-hybridized carbons (Fsp3) is 0.500. The summed E-state index contributed by atoms with van der Waals surface area (Å²) in [5.74, 6) is 0.448. The molecule has 1 aliphatic rings. The van der Waals surface area contributed by atoms with Crippen molar-refractivity contribution in [1.82, 2.24) is 5.32 Å². The van der Waals surface area contributed by atoms with Crippen molar-refractivity contribution in [3.05, 3.63) is 24.0 Å². The van der Waals surface area contributed by atoms with Crippen LogP contribution >= 0.6 is 0 Å². The second-order valence-corrected chi connectivity index (χ2v) is 2.37. The normalized spacial score (nSPS) is 24.5. The fourth-order valence-electron chi connectivity index (χ4n) is 1.05. The Bertz CT molecular complexity index is 161. The number of hydrogen-bond donors (Lipinski definition) is 2. The highest BCUT2D eigenvalue weighted by molar-refractivity contribution is 5.18. The number of rotatable bonds is 2. The van der Waals surface area contributed by atoms with Crippen LogP contribution in [-0.4, -0.2) is 17.7 Å². The lowest BCUT2D eigenvalue weighted by atomic mass is 10.1. The van der Waals surface area contributed by atoms with Crippen LogP contribution in [-0.2, 0) is 0 Å². The molecule has 0 radical (unpaired) electrons. The van der Waals surface area contributed by atoms with Crippen molar-refractivity contribution in [1.29, 1.82) is 0 Å². The maximum Gasteiger partial charge on any atom is 0.109 e. The monoisotopic (exact) mass is 139 g/mol. The van der Waals surface area contributed by atoms with Crippen molar-refractivity contribution in [2.45, 2.75) is 19.4 Å². The summed E-state index contributed by atoms with van der Waals surface area (Å²) in [5.41, 5.74) is 0. The summed E-state index contributed by atoms with van der Waals surface area (Å²) < 4.78 is 0. The quantitative estimate of drug-likeness (QED) is 0.605. The van der Waals surface area contributed by atoms with Crippen molar-refractivity contribution in [3.63, 3.8) is 0 Å². The lowest BCUT2D eigenvalue weighted by molar-refractivity contribution is 0.339. The lowest BCUT2D eigenvalue weighted by Gasteiger charge is -2.16. The number of hydrogen-bond acceptors (Lipinski definition) is 2. The van der Waals surface area contributed by atoms with E-state index in [-0.39, 0.29) is 6.04 Å². The molecule has 1 unspecified atom stereocenters. The van der Waals surface area contributed by atoms with Crippen LogP contribution < -0.4 is 5.32 Å². The molecule has 0 aromatic rings. The van der Waals surface area contributed by atoms with Crippen LogP contribution in [0.3, 0.4) is 0 Å². The third-order valence-corrected chi connectivity index (χ3v) is 1.58. The Balaban J connectivity index is 2.47. The van der Waals surface area contributed by atoms with Crippen LogP contribution in [0, 0.1) is 0 Å². The van der Waals surface area contributed by atoms with Crippen molar-refractivity contribution in [2.75, 3.05) is 6.54 Å². The number of likely N-dealkylation sites (N-methyl/N-ethyl adjacent to an activating group) is 1. The highest BCUT2D eigenvalue weighted by atomic mass is 16.3. The second kappa shape index (κ2) is 3.42. The van der Waals surface area contributed by atoms with Gasteiger partial charge in [-0.15, -0.1) is 0 Å². The molecule has 2 heteroatoms.